The van der Waals surface area contributed by atoms with E-state index in [4.69, 9.17) is 9.05 Å². The average molecular weight is 254 g/mol. The Morgan fingerprint density at radius 2 is 1.62 bits per heavy atom. The summed E-state index contributed by atoms with van der Waals surface area (Å²) in [5.74, 6) is 0. The van der Waals surface area contributed by atoms with Crippen LogP contribution in [0.1, 0.15) is 46.5 Å². The Bertz CT molecular complexity index is 225. The number of hydrogen-bond donors (Lipinski definition) is 0. The minimum atomic E-state index is -3.60. The van der Waals surface area contributed by atoms with E-state index >= 15 is 0 Å². The maximum absolute atomic E-state index is 12.0. The van der Waals surface area contributed by atoms with Crippen LogP contribution >= 0.6 is 7.82 Å². The minimum Gasteiger partial charge on any atom is -0.289 e. The van der Waals surface area contributed by atoms with Gasteiger partial charge in [-0.25, -0.2) is 9.45 Å². The van der Waals surface area contributed by atoms with Crippen LogP contribution in [0.2, 0.25) is 0 Å². The lowest BCUT2D eigenvalue weighted by Crippen LogP contribution is -2.27. The van der Waals surface area contributed by atoms with E-state index in [2.05, 4.69) is 9.56 Å². The zero-order valence-electron chi connectivity index (χ0n) is 10.8. The van der Waals surface area contributed by atoms with Gasteiger partial charge in [-0.15, -0.1) is 4.67 Å². The van der Waals surface area contributed by atoms with Crippen molar-refractivity contribution in [2.75, 3.05) is 14.2 Å². The molecule has 0 fully saturated rings. The van der Waals surface area contributed by atoms with Gasteiger partial charge in [-0.05, 0) is 19.8 Å². The van der Waals surface area contributed by atoms with Crippen LogP contribution in [0.5, 0.6) is 0 Å². The van der Waals surface area contributed by atoms with Gasteiger partial charge in [0.05, 0.1) is 12.7 Å². The second-order valence-electron chi connectivity index (χ2n) is 3.91. The fourth-order valence-corrected chi connectivity index (χ4v) is 2.79. The van der Waals surface area contributed by atoms with Crippen molar-refractivity contribution in [3.8, 4) is 0 Å². The van der Waals surface area contributed by atoms with Crippen LogP contribution in [0, 0.1) is 0 Å². The molecule has 6 heteroatoms. The topological polar surface area (TPSA) is 54.0 Å². The summed E-state index contributed by atoms with van der Waals surface area (Å²) in [6, 6.07) is 0. The van der Waals surface area contributed by atoms with E-state index < -0.39 is 13.4 Å². The van der Waals surface area contributed by atoms with Gasteiger partial charge in [0.15, 0.2) is 0 Å². The molecule has 0 bridgehead atoms. The molecule has 0 aromatic heterocycles. The summed E-state index contributed by atoms with van der Waals surface area (Å²) >= 11 is 0. The summed E-state index contributed by atoms with van der Waals surface area (Å²) in [4.78, 5) is 4.39. The van der Waals surface area contributed by atoms with Gasteiger partial charge < -0.3 is 0 Å². The van der Waals surface area contributed by atoms with Gasteiger partial charge in [-0.1, -0.05) is 26.7 Å². The number of phosphoric acid groups is 1. The molecular formula is C10H23O5P. The maximum Gasteiger partial charge on any atom is 0.502 e. The molecule has 1 unspecified atom stereocenters. The fourth-order valence-electron chi connectivity index (χ4n) is 1.72. The Kier molecular flexibility index (Phi) is 7.44. The zero-order valence-corrected chi connectivity index (χ0v) is 11.7. The molecule has 0 heterocycles. The first-order valence-electron chi connectivity index (χ1n) is 5.54. The molecule has 0 aromatic rings. The lowest BCUT2D eigenvalue weighted by molar-refractivity contribution is -0.206. The first-order chi connectivity index (χ1) is 7.45. The van der Waals surface area contributed by atoms with Crippen LogP contribution in [0.4, 0.5) is 0 Å². The minimum absolute atomic E-state index is 0.506. The number of hydrogen-bond acceptors (Lipinski definition) is 5. The molecule has 0 rings (SSSR count). The highest BCUT2D eigenvalue weighted by Crippen LogP contribution is 2.53. The molecule has 0 aliphatic rings. The highest BCUT2D eigenvalue weighted by molar-refractivity contribution is 7.48. The predicted octanol–water partition coefficient (Wildman–Crippen LogP) is 3.69. The molecule has 1 atom stereocenters. The predicted molar refractivity (Wildman–Crippen MR) is 62.0 cm³/mol. The van der Waals surface area contributed by atoms with Crippen molar-refractivity contribution in [3.05, 3.63) is 0 Å². The van der Waals surface area contributed by atoms with E-state index in [1.54, 1.807) is 0 Å². The van der Waals surface area contributed by atoms with Crippen LogP contribution in [-0.4, -0.2) is 19.8 Å². The third-order valence-electron chi connectivity index (χ3n) is 2.28. The van der Waals surface area contributed by atoms with Crippen molar-refractivity contribution < 1.29 is 23.2 Å². The SMILES string of the molecule is CCCC(C)(CCC)OP(=O)(OC)OOC. The number of phosphoric ester groups is 1. The normalized spacial score (nSPS) is 16.1. The molecule has 0 radical (unpaired) electrons. The van der Waals surface area contributed by atoms with Gasteiger partial charge in [-0.2, -0.15) is 0 Å². The molecule has 0 spiro atoms. The summed E-state index contributed by atoms with van der Waals surface area (Å²) in [5.41, 5.74) is -0.506. The van der Waals surface area contributed by atoms with Gasteiger partial charge in [0.2, 0.25) is 0 Å². The molecule has 0 aliphatic carbocycles. The van der Waals surface area contributed by atoms with Gasteiger partial charge >= 0.3 is 7.82 Å². The second kappa shape index (κ2) is 7.41. The molecule has 0 saturated carbocycles. The monoisotopic (exact) mass is 254 g/mol. The van der Waals surface area contributed by atoms with Crippen LogP contribution in [-0.2, 0) is 23.2 Å². The smallest absolute Gasteiger partial charge is 0.289 e. The Morgan fingerprint density at radius 3 is 1.94 bits per heavy atom. The largest absolute Gasteiger partial charge is 0.502 e. The standard InChI is InChI=1S/C10H23O5P/c1-6-8-10(3,9-7-2)14-16(11,13-5)15-12-4/h6-9H2,1-5H3. The molecule has 0 aliphatic heterocycles. The molecule has 0 aromatic carbocycles. The highest BCUT2D eigenvalue weighted by Gasteiger charge is 2.37. The van der Waals surface area contributed by atoms with Gasteiger partial charge in [0, 0.05) is 7.11 Å². The quantitative estimate of drug-likeness (QED) is 0.357. The lowest BCUT2D eigenvalue weighted by atomic mass is 9.95. The summed E-state index contributed by atoms with van der Waals surface area (Å²) in [7, 11) is -1.06. The molecule has 0 saturated heterocycles. The van der Waals surface area contributed by atoms with Crippen molar-refractivity contribution in [3.63, 3.8) is 0 Å². The summed E-state index contributed by atoms with van der Waals surface area (Å²) < 4.78 is 26.8. The van der Waals surface area contributed by atoms with E-state index in [1.165, 1.54) is 14.2 Å². The lowest BCUT2D eigenvalue weighted by Gasteiger charge is -2.31. The molecule has 0 amide bonds. The Hall–Kier alpha value is 0.0700. The van der Waals surface area contributed by atoms with Crippen LogP contribution < -0.4 is 0 Å². The molecule has 0 N–H and O–H groups in total. The van der Waals surface area contributed by atoms with Crippen molar-refractivity contribution in [2.45, 2.75) is 52.1 Å². The molecule has 5 nitrogen and oxygen atoms in total. The number of rotatable bonds is 9. The summed E-state index contributed by atoms with van der Waals surface area (Å²) in [6.07, 6.45) is 3.46. The fraction of sp³-hybridized carbons (Fsp3) is 1.00. The molecular weight excluding hydrogens is 231 g/mol. The van der Waals surface area contributed by atoms with E-state index in [0.29, 0.717) is 0 Å². The summed E-state index contributed by atoms with van der Waals surface area (Å²) in [6.45, 7) is 6.00. The van der Waals surface area contributed by atoms with E-state index in [-0.39, 0.29) is 0 Å². The third kappa shape index (κ3) is 5.41. The third-order valence-corrected chi connectivity index (χ3v) is 3.72. The summed E-state index contributed by atoms with van der Waals surface area (Å²) in [5, 5.41) is 0. The van der Waals surface area contributed by atoms with Gasteiger partial charge in [0.1, 0.15) is 0 Å². The Morgan fingerprint density at radius 1 is 1.12 bits per heavy atom. The van der Waals surface area contributed by atoms with E-state index in [9.17, 15) is 4.57 Å². The molecule has 98 valence electrons. The first kappa shape index (κ1) is 16.1. The van der Waals surface area contributed by atoms with E-state index in [1.807, 2.05) is 20.8 Å². The van der Waals surface area contributed by atoms with E-state index in [0.717, 1.165) is 25.7 Å². The van der Waals surface area contributed by atoms with Crippen LogP contribution in [0.25, 0.3) is 0 Å². The Labute approximate surface area is 98.0 Å². The second-order valence-corrected chi connectivity index (χ2v) is 5.50. The zero-order chi connectivity index (χ0) is 12.7. The van der Waals surface area contributed by atoms with Crippen LogP contribution in [0.3, 0.4) is 0 Å². The van der Waals surface area contributed by atoms with Gasteiger partial charge in [0.25, 0.3) is 0 Å². The Balaban J connectivity index is 4.63. The average Bonchev–Trinajstić information content (AvgIpc) is 2.18. The van der Waals surface area contributed by atoms with Crippen molar-refractivity contribution in [1.29, 1.82) is 0 Å². The van der Waals surface area contributed by atoms with Crippen molar-refractivity contribution >= 4 is 7.82 Å². The maximum atomic E-state index is 12.0. The molecule has 16 heavy (non-hydrogen) atoms. The first-order valence-corrected chi connectivity index (χ1v) is 7.00. The van der Waals surface area contributed by atoms with Crippen molar-refractivity contribution in [1.82, 2.24) is 0 Å². The van der Waals surface area contributed by atoms with Gasteiger partial charge in [-0.3, -0.25) is 9.05 Å². The highest BCUT2D eigenvalue weighted by atomic mass is 31.2. The van der Waals surface area contributed by atoms with Crippen molar-refractivity contribution in [2.24, 2.45) is 0 Å². The van der Waals surface area contributed by atoms with Crippen LogP contribution in [0.15, 0.2) is 0 Å².